The zero-order valence-electron chi connectivity index (χ0n) is 19.5. The Kier molecular flexibility index (Phi) is 8.24. The number of aryl methyl sites for hydroxylation is 2. The Bertz CT molecular complexity index is 1170. The number of pyridine rings is 1. The van der Waals surface area contributed by atoms with Gasteiger partial charge in [0.25, 0.3) is 5.91 Å². The Morgan fingerprint density at radius 1 is 0.909 bits per heavy atom. The van der Waals surface area contributed by atoms with Gasteiger partial charge >= 0.3 is 0 Å². The summed E-state index contributed by atoms with van der Waals surface area (Å²) in [4.78, 5) is 25.5. The second-order valence-electron chi connectivity index (χ2n) is 7.20. The van der Waals surface area contributed by atoms with Gasteiger partial charge in [-0.3, -0.25) is 9.78 Å². The van der Waals surface area contributed by atoms with E-state index in [1.165, 1.54) is 5.56 Å². The van der Waals surface area contributed by atoms with Crippen LogP contribution >= 0.6 is 0 Å². The van der Waals surface area contributed by atoms with Crippen molar-refractivity contribution in [2.45, 2.75) is 34.1 Å². The molecule has 0 spiro atoms. The van der Waals surface area contributed by atoms with Gasteiger partial charge in [0, 0.05) is 52.9 Å². The van der Waals surface area contributed by atoms with Gasteiger partial charge in [-0.25, -0.2) is 9.97 Å². The van der Waals surface area contributed by atoms with E-state index >= 15 is 0 Å². The van der Waals surface area contributed by atoms with Crippen molar-refractivity contribution in [3.63, 3.8) is 0 Å². The van der Waals surface area contributed by atoms with E-state index in [9.17, 15) is 4.79 Å². The molecule has 6 heteroatoms. The van der Waals surface area contributed by atoms with E-state index in [0.29, 0.717) is 17.2 Å². The van der Waals surface area contributed by atoms with Gasteiger partial charge in [0.1, 0.15) is 0 Å². The second-order valence-corrected chi connectivity index (χ2v) is 7.20. The summed E-state index contributed by atoms with van der Waals surface area (Å²) in [6, 6.07) is 17.2. The lowest BCUT2D eigenvalue weighted by molar-refractivity contribution is 0.102. The summed E-state index contributed by atoms with van der Waals surface area (Å²) in [6.07, 6.45) is 7.97. The molecular weight excluding hydrogens is 410 g/mol. The molecule has 6 nitrogen and oxygen atoms in total. The Morgan fingerprint density at radius 2 is 1.64 bits per heavy atom. The number of nitrogens with one attached hydrogen (secondary N) is 2. The van der Waals surface area contributed by atoms with Gasteiger partial charge in [0.15, 0.2) is 0 Å². The molecule has 0 aliphatic rings. The lowest BCUT2D eigenvalue weighted by Gasteiger charge is -2.12. The van der Waals surface area contributed by atoms with Crippen molar-refractivity contribution < 1.29 is 4.79 Å². The van der Waals surface area contributed by atoms with Crippen molar-refractivity contribution in [1.82, 2.24) is 15.0 Å². The lowest BCUT2D eigenvalue weighted by atomic mass is 10.1. The number of carbonyl (C=O) groups excluding carboxylic acids is 1. The maximum absolute atomic E-state index is 12.6. The minimum atomic E-state index is -0.144. The molecule has 2 aromatic heterocycles. The number of benzene rings is 2. The molecule has 0 radical (unpaired) electrons. The molecule has 2 N–H and O–H groups in total. The van der Waals surface area contributed by atoms with Gasteiger partial charge in [-0.1, -0.05) is 45.0 Å². The number of nitrogens with zero attached hydrogens (tertiary/aromatic N) is 3. The number of rotatable bonds is 6. The van der Waals surface area contributed by atoms with Crippen LogP contribution < -0.4 is 10.6 Å². The van der Waals surface area contributed by atoms with Gasteiger partial charge in [0.05, 0.1) is 0 Å². The molecule has 2 aromatic carbocycles. The molecule has 4 rings (SSSR count). The smallest absolute Gasteiger partial charge is 0.255 e. The standard InChI is InChI=1S/C25H23N5O.C2H6/c1-3-18-7-9-19(10-8-18)24(31)29-22-11-6-17(2)23(13-22)30-25-27-15-21(16-28-25)20-5-4-12-26-14-20;1-2/h4-16H,3H2,1-2H3,(H,29,31)(H,27,28,30);1-2H3. The first kappa shape index (κ1) is 23.6. The third kappa shape index (κ3) is 6.23. The molecule has 0 saturated heterocycles. The second kappa shape index (κ2) is 11.5. The molecule has 1 amide bonds. The molecule has 168 valence electrons. The fourth-order valence-corrected chi connectivity index (χ4v) is 3.13. The summed E-state index contributed by atoms with van der Waals surface area (Å²) in [5, 5.41) is 6.18. The van der Waals surface area contributed by atoms with Gasteiger partial charge in [-0.2, -0.15) is 0 Å². The first-order valence-electron chi connectivity index (χ1n) is 11.1. The molecule has 0 fully saturated rings. The molecule has 0 unspecified atom stereocenters. The predicted octanol–water partition coefficient (Wildman–Crippen LogP) is 6.43. The highest BCUT2D eigenvalue weighted by molar-refractivity contribution is 6.04. The monoisotopic (exact) mass is 439 g/mol. The van der Waals surface area contributed by atoms with E-state index in [2.05, 4.69) is 32.5 Å². The van der Waals surface area contributed by atoms with Crippen molar-refractivity contribution in [2.75, 3.05) is 10.6 Å². The minimum Gasteiger partial charge on any atom is -0.324 e. The Labute approximate surface area is 195 Å². The molecule has 0 atom stereocenters. The Balaban J connectivity index is 0.00000149. The SMILES string of the molecule is CC.CCc1ccc(C(=O)Nc2ccc(C)c(Nc3ncc(-c4cccnc4)cn3)c2)cc1. The average molecular weight is 440 g/mol. The minimum absolute atomic E-state index is 0.144. The molecule has 0 bridgehead atoms. The normalized spacial score (nSPS) is 10.1. The topological polar surface area (TPSA) is 79.8 Å². The summed E-state index contributed by atoms with van der Waals surface area (Å²) < 4.78 is 0. The van der Waals surface area contributed by atoms with Gasteiger partial charge in [0.2, 0.25) is 5.95 Å². The summed E-state index contributed by atoms with van der Waals surface area (Å²) >= 11 is 0. The number of aromatic nitrogens is 3. The van der Waals surface area contributed by atoms with Crippen LogP contribution in [0.5, 0.6) is 0 Å². The number of hydrogen-bond acceptors (Lipinski definition) is 5. The quantitative estimate of drug-likeness (QED) is 0.362. The highest BCUT2D eigenvalue weighted by Crippen LogP contribution is 2.24. The highest BCUT2D eigenvalue weighted by Gasteiger charge is 2.09. The maximum Gasteiger partial charge on any atom is 0.255 e. The number of anilines is 3. The molecule has 0 saturated carbocycles. The highest BCUT2D eigenvalue weighted by atomic mass is 16.1. The van der Waals surface area contributed by atoms with E-state index in [-0.39, 0.29) is 5.91 Å². The van der Waals surface area contributed by atoms with Crippen LogP contribution in [0.25, 0.3) is 11.1 Å². The maximum atomic E-state index is 12.6. The molecule has 2 heterocycles. The Hall–Kier alpha value is -4.06. The third-order valence-corrected chi connectivity index (χ3v) is 5.01. The van der Waals surface area contributed by atoms with Crippen LogP contribution in [0.3, 0.4) is 0 Å². The number of amides is 1. The first-order chi connectivity index (χ1) is 16.1. The van der Waals surface area contributed by atoms with Crippen molar-refractivity contribution in [3.8, 4) is 11.1 Å². The van der Waals surface area contributed by atoms with Crippen molar-refractivity contribution >= 4 is 23.2 Å². The molecular formula is C27H29N5O. The number of hydrogen-bond donors (Lipinski definition) is 2. The van der Waals surface area contributed by atoms with Gasteiger partial charge in [-0.05, 0) is 54.8 Å². The van der Waals surface area contributed by atoms with Crippen LogP contribution in [0, 0.1) is 6.92 Å². The molecule has 4 aromatic rings. The van der Waals surface area contributed by atoms with Crippen LogP contribution in [0.15, 0.2) is 79.4 Å². The van der Waals surface area contributed by atoms with E-state index in [1.54, 1.807) is 24.8 Å². The summed E-state index contributed by atoms with van der Waals surface area (Å²) in [6.45, 7) is 8.08. The lowest BCUT2D eigenvalue weighted by Crippen LogP contribution is -2.12. The van der Waals surface area contributed by atoms with Gasteiger partial charge in [-0.15, -0.1) is 0 Å². The van der Waals surface area contributed by atoms with Gasteiger partial charge < -0.3 is 10.6 Å². The zero-order chi connectivity index (χ0) is 23.6. The summed E-state index contributed by atoms with van der Waals surface area (Å²) in [5.74, 6) is 0.337. The summed E-state index contributed by atoms with van der Waals surface area (Å²) in [5.41, 5.74) is 6.23. The molecule has 0 aliphatic heterocycles. The van der Waals surface area contributed by atoms with E-state index in [1.807, 2.05) is 75.4 Å². The van der Waals surface area contributed by atoms with Crippen LogP contribution in [0.2, 0.25) is 0 Å². The van der Waals surface area contributed by atoms with E-state index < -0.39 is 0 Å². The molecule has 0 aliphatic carbocycles. The average Bonchev–Trinajstić information content (AvgIpc) is 2.88. The van der Waals surface area contributed by atoms with Crippen LogP contribution in [0.1, 0.15) is 42.3 Å². The fourth-order valence-electron chi connectivity index (χ4n) is 3.13. The zero-order valence-corrected chi connectivity index (χ0v) is 19.5. The largest absolute Gasteiger partial charge is 0.324 e. The van der Waals surface area contributed by atoms with E-state index in [0.717, 1.165) is 28.8 Å². The van der Waals surface area contributed by atoms with Crippen LogP contribution in [0.4, 0.5) is 17.3 Å². The third-order valence-electron chi connectivity index (χ3n) is 5.01. The van der Waals surface area contributed by atoms with Crippen molar-refractivity contribution in [1.29, 1.82) is 0 Å². The fraction of sp³-hybridized carbons (Fsp3) is 0.185. The molecule has 33 heavy (non-hydrogen) atoms. The van der Waals surface area contributed by atoms with Crippen molar-refractivity contribution in [2.24, 2.45) is 0 Å². The predicted molar refractivity (Wildman–Crippen MR) is 135 cm³/mol. The first-order valence-corrected chi connectivity index (χ1v) is 11.1. The van der Waals surface area contributed by atoms with Crippen molar-refractivity contribution in [3.05, 3.63) is 96.1 Å². The Morgan fingerprint density at radius 3 is 2.27 bits per heavy atom. The van der Waals surface area contributed by atoms with E-state index in [4.69, 9.17) is 0 Å². The summed E-state index contributed by atoms with van der Waals surface area (Å²) in [7, 11) is 0. The number of carbonyl (C=O) groups is 1. The van der Waals surface area contributed by atoms with Crippen LogP contribution in [-0.2, 0) is 6.42 Å². The van der Waals surface area contributed by atoms with Crippen LogP contribution in [-0.4, -0.2) is 20.9 Å².